The Kier molecular flexibility index (Phi) is 6.71. The van der Waals surface area contributed by atoms with Gasteiger partial charge >= 0.3 is 0 Å². The fourth-order valence-electron chi connectivity index (χ4n) is 4.06. The van der Waals surface area contributed by atoms with E-state index in [1.165, 1.54) is 0 Å². The highest BCUT2D eigenvalue weighted by Gasteiger charge is 2.33. The Morgan fingerprint density at radius 3 is 2.77 bits per heavy atom. The van der Waals surface area contributed by atoms with Crippen LogP contribution in [0.3, 0.4) is 0 Å². The summed E-state index contributed by atoms with van der Waals surface area (Å²) in [5.41, 5.74) is 2.15. The summed E-state index contributed by atoms with van der Waals surface area (Å²) in [5.74, 6) is -0.00609. The van der Waals surface area contributed by atoms with Crippen LogP contribution in [0.1, 0.15) is 22.7 Å². The second-order valence-corrected chi connectivity index (χ2v) is 8.92. The first-order valence-corrected chi connectivity index (χ1v) is 11.3. The number of pyridine rings is 1. The molecule has 2 saturated heterocycles. The number of nitrogens with one attached hydrogen (secondary N) is 1. The molecule has 0 aromatic carbocycles. The van der Waals surface area contributed by atoms with Gasteiger partial charge in [-0.15, -0.1) is 11.3 Å². The fraction of sp³-hybridized carbons (Fsp3) is 0.524. The van der Waals surface area contributed by atoms with E-state index in [-0.39, 0.29) is 18.2 Å². The molecule has 8 nitrogen and oxygen atoms in total. The number of piperazine rings is 2. The van der Waals surface area contributed by atoms with Crippen molar-refractivity contribution in [3.63, 3.8) is 0 Å². The van der Waals surface area contributed by atoms with Crippen molar-refractivity contribution in [1.29, 1.82) is 0 Å². The largest absolute Gasteiger partial charge is 0.353 e. The minimum absolute atomic E-state index is 0.0531. The number of carbonyl (C=O) groups excluding carboxylic acids is 2. The van der Waals surface area contributed by atoms with Gasteiger partial charge in [0.05, 0.1) is 23.2 Å². The van der Waals surface area contributed by atoms with Crippen LogP contribution in [-0.4, -0.2) is 81.8 Å². The fourth-order valence-corrected chi connectivity index (χ4v) is 4.66. The maximum atomic E-state index is 13.0. The van der Waals surface area contributed by atoms with Crippen molar-refractivity contribution in [2.45, 2.75) is 32.5 Å². The van der Waals surface area contributed by atoms with Gasteiger partial charge in [0.15, 0.2) is 0 Å². The monoisotopic (exact) mass is 428 g/mol. The predicted molar refractivity (Wildman–Crippen MR) is 115 cm³/mol. The van der Waals surface area contributed by atoms with E-state index in [2.05, 4.69) is 30.5 Å². The SMILES string of the molecule is Cc1nc(CN2CCN(C(=O)CC3C(=O)NCCN3Cc3cccnc3)CC2)cs1. The summed E-state index contributed by atoms with van der Waals surface area (Å²) in [6, 6.07) is 3.47. The van der Waals surface area contributed by atoms with Gasteiger partial charge in [-0.05, 0) is 18.6 Å². The molecule has 1 N–H and O–H groups in total. The number of aromatic nitrogens is 2. The van der Waals surface area contributed by atoms with Crippen molar-refractivity contribution in [3.8, 4) is 0 Å². The third-order valence-electron chi connectivity index (χ3n) is 5.70. The number of rotatable bonds is 6. The summed E-state index contributed by atoms with van der Waals surface area (Å²) >= 11 is 1.67. The van der Waals surface area contributed by atoms with Gasteiger partial charge in [0.25, 0.3) is 0 Å². The number of hydrogen-bond donors (Lipinski definition) is 1. The Balaban J connectivity index is 1.31. The molecule has 4 heterocycles. The van der Waals surface area contributed by atoms with E-state index in [0.717, 1.165) is 42.4 Å². The lowest BCUT2D eigenvalue weighted by atomic mass is 10.1. The molecule has 160 valence electrons. The van der Waals surface area contributed by atoms with Crippen molar-refractivity contribution < 1.29 is 9.59 Å². The summed E-state index contributed by atoms with van der Waals surface area (Å²) in [7, 11) is 0. The van der Waals surface area contributed by atoms with Crippen LogP contribution in [0.15, 0.2) is 29.9 Å². The normalized spacial score (nSPS) is 20.9. The number of nitrogens with zero attached hydrogens (tertiary/aromatic N) is 5. The molecule has 9 heteroatoms. The van der Waals surface area contributed by atoms with Gasteiger partial charge < -0.3 is 10.2 Å². The van der Waals surface area contributed by atoms with Gasteiger partial charge in [-0.1, -0.05) is 6.07 Å². The molecule has 2 aliphatic heterocycles. The quantitative estimate of drug-likeness (QED) is 0.736. The molecular formula is C21H28N6O2S. The van der Waals surface area contributed by atoms with E-state index in [1.54, 1.807) is 17.5 Å². The molecule has 30 heavy (non-hydrogen) atoms. The van der Waals surface area contributed by atoms with Crippen molar-refractivity contribution in [2.24, 2.45) is 0 Å². The lowest BCUT2D eigenvalue weighted by Crippen LogP contribution is -2.57. The number of amides is 2. The Morgan fingerprint density at radius 1 is 1.23 bits per heavy atom. The number of carbonyl (C=O) groups is 2. The van der Waals surface area contributed by atoms with Crippen LogP contribution in [0.5, 0.6) is 0 Å². The van der Waals surface area contributed by atoms with E-state index in [4.69, 9.17) is 0 Å². The van der Waals surface area contributed by atoms with Crippen LogP contribution in [0.25, 0.3) is 0 Å². The molecule has 0 aliphatic carbocycles. The topological polar surface area (TPSA) is 81.7 Å². The lowest BCUT2D eigenvalue weighted by molar-refractivity contribution is -0.140. The highest BCUT2D eigenvalue weighted by molar-refractivity contribution is 7.09. The predicted octanol–water partition coefficient (Wildman–Crippen LogP) is 0.881. The number of aryl methyl sites for hydroxylation is 1. The second-order valence-electron chi connectivity index (χ2n) is 7.86. The summed E-state index contributed by atoms with van der Waals surface area (Å²) in [5, 5.41) is 6.10. The lowest BCUT2D eigenvalue weighted by Gasteiger charge is -2.38. The molecule has 2 fully saturated rings. The summed E-state index contributed by atoms with van der Waals surface area (Å²) in [6.45, 7) is 7.87. The molecular weight excluding hydrogens is 400 g/mol. The van der Waals surface area contributed by atoms with Crippen LogP contribution in [0.2, 0.25) is 0 Å². The Hall–Kier alpha value is -2.36. The molecule has 2 aromatic rings. The van der Waals surface area contributed by atoms with Gasteiger partial charge in [0, 0.05) is 70.1 Å². The summed E-state index contributed by atoms with van der Waals surface area (Å²) < 4.78 is 0. The van der Waals surface area contributed by atoms with Crippen LogP contribution in [0.4, 0.5) is 0 Å². The third kappa shape index (κ3) is 5.21. The average Bonchev–Trinajstić information content (AvgIpc) is 3.16. The van der Waals surface area contributed by atoms with Crippen molar-refractivity contribution >= 4 is 23.2 Å². The van der Waals surface area contributed by atoms with E-state index in [9.17, 15) is 9.59 Å². The van der Waals surface area contributed by atoms with E-state index in [0.29, 0.717) is 26.2 Å². The smallest absolute Gasteiger partial charge is 0.237 e. The molecule has 0 bridgehead atoms. The maximum Gasteiger partial charge on any atom is 0.237 e. The van der Waals surface area contributed by atoms with Gasteiger partial charge in [0.1, 0.15) is 0 Å². The van der Waals surface area contributed by atoms with Crippen LogP contribution in [-0.2, 0) is 22.7 Å². The minimum Gasteiger partial charge on any atom is -0.353 e. The zero-order chi connectivity index (χ0) is 20.9. The molecule has 1 unspecified atom stereocenters. The summed E-state index contributed by atoms with van der Waals surface area (Å²) in [6.07, 6.45) is 3.77. The van der Waals surface area contributed by atoms with Crippen molar-refractivity contribution in [3.05, 3.63) is 46.2 Å². The molecule has 2 aliphatic rings. The van der Waals surface area contributed by atoms with Crippen LogP contribution in [0, 0.1) is 6.92 Å². The second kappa shape index (κ2) is 9.63. The number of hydrogen-bond acceptors (Lipinski definition) is 7. The summed E-state index contributed by atoms with van der Waals surface area (Å²) in [4.78, 5) is 40.5. The molecule has 2 aromatic heterocycles. The van der Waals surface area contributed by atoms with Crippen molar-refractivity contribution in [2.75, 3.05) is 39.3 Å². The number of thiazole rings is 1. The van der Waals surface area contributed by atoms with Crippen molar-refractivity contribution in [1.82, 2.24) is 30.0 Å². The first kappa shape index (κ1) is 20.9. The molecule has 0 saturated carbocycles. The molecule has 0 radical (unpaired) electrons. The van der Waals surface area contributed by atoms with E-state index in [1.807, 2.05) is 30.2 Å². The molecule has 0 spiro atoms. The average molecular weight is 429 g/mol. The maximum absolute atomic E-state index is 13.0. The zero-order valence-electron chi connectivity index (χ0n) is 17.3. The highest BCUT2D eigenvalue weighted by Crippen LogP contribution is 2.17. The minimum atomic E-state index is -0.428. The third-order valence-corrected chi connectivity index (χ3v) is 6.52. The van der Waals surface area contributed by atoms with Crippen LogP contribution >= 0.6 is 11.3 Å². The molecule has 4 rings (SSSR count). The Morgan fingerprint density at radius 2 is 2.07 bits per heavy atom. The Bertz CT molecular complexity index is 865. The van der Waals surface area contributed by atoms with E-state index < -0.39 is 6.04 Å². The standard InChI is InChI=1S/C21H28N6O2S/c1-16-24-18(15-30-16)14-25-7-9-26(10-8-25)20(28)11-19-21(29)23-5-6-27(19)13-17-3-2-4-22-12-17/h2-4,12,15,19H,5-11,13-14H2,1H3,(H,23,29). The van der Waals surface area contributed by atoms with Gasteiger partial charge in [-0.2, -0.15) is 0 Å². The highest BCUT2D eigenvalue weighted by atomic mass is 32.1. The Labute approximate surface area is 180 Å². The van der Waals surface area contributed by atoms with Gasteiger partial charge in [-0.25, -0.2) is 4.98 Å². The van der Waals surface area contributed by atoms with E-state index >= 15 is 0 Å². The van der Waals surface area contributed by atoms with Gasteiger partial charge in [-0.3, -0.25) is 24.4 Å². The van der Waals surface area contributed by atoms with Gasteiger partial charge in [0.2, 0.25) is 11.8 Å². The zero-order valence-corrected chi connectivity index (χ0v) is 18.1. The molecule has 2 amide bonds. The molecule has 1 atom stereocenters. The van der Waals surface area contributed by atoms with Crippen LogP contribution < -0.4 is 5.32 Å². The first-order chi connectivity index (χ1) is 14.6. The first-order valence-electron chi connectivity index (χ1n) is 10.4.